The van der Waals surface area contributed by atoms with Gasteiger partial charge in [0.1, 0.15) is 0 Å². The molecular weight excluding hydrogens is 540 g/mol. The number of rotatable bonds is 3. The second-order valence-corrected chi connectivity index (χ2v) is 12.4. The average Bonchev–Trinajstić information content (AvgIpc) is 3.10. The summed E-state index contributed by atoms with van der Waals surface area (Å²) in [5.74, 6) is 0. The number of benzene rings is 8. The summed E-state index contributed by atoms with van der Waals surface area (Å²) in [6.07, 6.45) is 7.07. The third kappa shape index (κ3) is 4.06. The van der Waals surface area contributed by atoms with Gasteiger partial charge in [0.15, 0.2) is 0 Å². The van der Waals surface area contributed by atoms with E-state index in [1.54, 1.807) is 0 Å². The highest BCUT2D eigenvalue weighted by atomic mass is 14.2. The van der Waals surface area contributed by atoms with E-state index in [1.165, 1.54) is 92.5 Å². The number of hydrogen-bond donors (Lipinski definition) is 0. The van der Waals surface area contributed by atoms with Crippen molar-refractivity contribution in [1.29, 1.82) is 0 Å². The minimum atomic E-state index is 1.07. The van der Waals surface area contributed by atoms with Crippen LogP contribution in [0.4, 0.5) is 0 Å². The lowest BCUT2D eigenvalue weighted by Crippen LogP contribution is -2.29. The summed E-state index contributed by atoms with van der Waals surface area (Å²) in [7, 11) is 0. The molecule has 0 bridgehead atoms. The van der Waals surface area contributed by atoms with Crippen LogP contribution in [-0.2, 0) is 0 Å². The Balaban J connectivity index is 1.35. The molecule has 0 atom stereocenters. The molecule has 212 valence electrons. The van der Waals surface area contributed by atoms with Crippen LogP contribution in [0.25, 0.3) is 88.6 Å². The van der Waals surface area contributed by atoms with Gasteiger partial charge in [-0.15, -0.1) is 0 Å². The van der Waals surface area contributed by atoms with Crippen molar-refractivity contribution >= 4 is 55.2 Å². The standard InChI is InChI=1S/C45H32/c1-29-13-2-4-16-33(29)45-40-22-10-8-20-38(40)44(39-21-9-11-23-41(39)45)32-26-25-31-27-43(37-19-7-6-18-36(37)42(31)28-32)35-24-12-15-30-14-3-5-17-34(30)35/h2-5,8-28H,6-7H2,1H3. The second-order valence-electron chi connectivity index (χ2n) is 12.4. The highest BCUT2D eigenvalue weighted by molar-refractivity contribution is 6.22. The molecule has 0 heterocycles. The van der Waals surface area contributed by atoms with Gasteiger partial charge in [-0.2, -0.15) is 0 Å². The molecule has 0 aromatic heterocycles. The first-order chi connectivity index (χ1) is 22.3. The van der Waals surface area contributed by atoms with E-state index in [-0.39, 0.29) is 0 Å². The summed E-state index contributed by atoms with van der Waals surface area (Å²) >= 11 is 0. The molecule has 0 unspecified atom stereocenters. The van der Waals surface area contributed by atoms with Crippen molar-refractivity contribution in [1.82, 2.24) is 0 Å². The van der Waals surface area contributed by atoms with E-state index in [0.29, 0.717) is 0 Å². The lowest BCUT2D eigenvalue weighted by atomic mass is 9.84. The van der Waals surface area contributed by atoms with Crippen LogP contribution in [-0.4, -0.2) is 0 Å². The van der Waals surface area contributed by atoms with Crippen LogP contribution < -0.4 is 10.4 Å². The van der Waals surface area contributed by atoms with Gasteiger partial charge in [0.05, 0.1) is 0 Å². The van der Waals surface area contributed by atoms with Crippen molar-refractivity contribution in [3.8, 4) is 33.4 Å². The molecule has 0 saturated carbocycles. The summed E-state index contributed by atoms with van der Waals surface area (Å²) in [5.41, 5.74) is 9.14. The Morgan fingerprint density at radius 3 is 1.69 bits per heavy atom. The van der Waals surface area contributed by atoms with Gasteiger partial charge in [0.25, 0.3) is 0 Å². The molecule has 1 aliphatic rings. The van der Waals surface area contributed by atoms with Crippen LogP contribution in [0.15, 0.2) is 140 Å². The summed E-state index contributed by atoms with van der Waals surface area (Å²) < 4.78 is 0. The minimum Gasteiger partial charge on any atom is -0.0757 e. The predicted octanol–water partition coefficient (Wildman–Crippen LogP) is 11.0. The van der Waals surface area contributed by atoms with Crippen LogP contribution in [0.3, 0.4) is 0 Å². The summed E-state index contributed by atoms with van der Waals surface area (Å²) in [4.78, 5) is 0. The second kappa shape index (κ2) is 10.3. The first-order valence-corrected chi connectivity index (χ1v) is 16.0. The van der Waals surface area contributed by atoms with Gasteiger partial charge in [-0.1, -0.05) is 140 Å². The lowest BCUT2D eigenvalue weighted by molar-refractivity contribution is 1.12. The zero-order valence-corrected chi connectivity index (χ0v) is 25.3. The third-order valence-electron chi connectivity index (χ3n) is 9.80. The molecule has 0 heteroatoms. The van der Waals surface area contributed by atoms with Gasteiger partial charge in [-0.25, -0.2) is 0 Å². The Morgan fingerprint density at radius 1 is 0.378 bits per heavy atom. The zero-order chi connectivity index (χ0) is 29.9. The van der Waals surface area contributed by atoms with Crippen molar-refractivity contribution in [2.75, 3.05) is 0 Å². The molecule has 8 aromatic rings. The van der Waals surface area contributed by atoms with E-state index < -0.39 is 0 Å². The number of aryl methyl sites for hydroxylation is 1. The summed E-state index contributed by atoms with van der Waals surface area (Å²) in [6, 6.07) is 51.8. The highest BCUT2D eigenvalue weighted by Gasteiger charge is 2.18. The molecule has 45 heavy (non-hydrogen) atoms. The molecule has 0 fully saturated rings. The molecule has 0 spiro atoms. The molecule has 0 saturated heterocycles. The number of fused-ring (bicyclic) bond motifs is 6. The van der Waals surface area contributed by atoms with E-state index in [9.17, 15) is 0 Å². The van der Waals surface area contributed by atoms with Gasteiger partial charge < -0.3 is 0 Å². The quantitative estimate of drug-likeness (QED) is 0.185. The van der Waals surface area contributed by atoms with Crippen LogP contribution in [0.5, 0.6) is 0 Å². The van der Waals surface area contributed by atoms with Crippen molar-refractivity contribution in [3.63, 3.8) is 0 Å². The van der Waals surface area contributed by atoms with Crippen molar-refractivity contribution in [2.45, 2.75) is 19.8 Å². The number of hydrogen-bond acceptors (Lipinski definition) is 0. The van der Waals surface area contributed by atoms with Crippen molar-refractivity contribution < 1.29 is 0 Å². The maximum Gasteiger partial charge on any atom is -0.00237 e. The molecule has 0 N–H and O–H groups in total. The molecule has 1 aliphatic carbocycles. The average molecular weight is 573 g/mol. The minimum absolute atomic E-state index is 1.07. The first-order valence-electron chi connectivity index (χ1n) is 16.0. The summed E-state index contributed by atoms with van der Waals surface area (Å²) in [5, 5.41) is 13.1. The molecule has 9 rings (SSSR count). The fourth-order valence-electron chi connectivity index (χ4n) is 7.76. The topological polar surface area (TPSA) is 0 Å². The normalized spacial score (nSPS) is 12.7. The van der Waals surface area contributed by atoms with Crippen molar-refractivity contribution in [2.24, 2.45) is 0 Å². The molecular formula is C45H32. The SMILES string of the molecule is Cc1ccccc1-c1c2ccccc2c(-c2ccc3cc(-c4cccc5ccccc45)c4c(c3c2)=CCCC=4)c2ccccc12. The van der Waals surface area contributed by atoms with Gasteiger partial charge >= 0.3 is 0 Å². The Bertz CT molecular complexity index is 2540. The Kier molecular flexibility index (Phi) is 5.96. The maximum absolute atomic E-state index is 2.47. The fraction of sp³-hybridized carbons (Fsp3) is 0.0667. The predicted molar refractivity (Wildman–Crippen MR) is 195 cm³/mol. The molecule has 8 aromatic carbocycles. The van der Waals surface area contributed by atoms with Gasteiger partial charge in [-0.3, -0.25) is 0 Å². The van der Waals surface area contributed by atoms with Crippen LogP contribution in [0.1, 0.15) is 18.4 Å². The molecule has 0 amide bonds. The van der Waals surface area contributed by atoms with E-state index >= 15 is 0 Å². The van der Waals surface area contributed by atoms with Crippen LogP contribution >= 0.6 is 0 Å². The van der Waals surface area contributed by atoms with Crippen LogP contribution in [0.2, 0.25) is 0 Å². The zero-order valence-electron chi connectivity index (χ0n) is 25.3. The summed E-state index contributed by atoms with van der Waals surface area (Å²) in [6.45, 7) is 2.22. The van der Waals surface area contributed by atoms with Gasteiger partial charge in [0.2, 0.25) is 0 Å². The molecule has 0 nitrogen and oxygen atoms in total. The smallest absolute Gasteiger partial charge is 0.00237 e. The van der Waals surface area contributed by atoms with E-state index in [4.69, 9.17) is 0 Å². The molecule has 0 radical (unpaired) electrons. The van der Waals surface area contributed by atoms with Crippen LogP contribution in [0, 0.1) is 6.92 Å². The first kappa shape index (κ1) is 26.0. The Hall–Kier alpha value is -5.46. The molecule has 0 aliphatic heterocycles. The van der Waals surface area contributed by atoms with Crippen molar-refractivity contribution in [3.05, 3.63) is 156 Å². The van der Waals surface area contributed by atoms with Gasteiger partial charge in [0, 0.05) is 0 Å². The van der Waals surface area contributed by atoms with E-state index in [1.807, 2.05) is 0 Å². The maximum atomic E-state index is 2.47. The van der Waals surface area contributed by atoms with Gasteiger partial charge in [-0.05, 0) is 124 Å². The fourth-order valence-corrected chi connectivity index (χ4v) is 7.76. The highest BCUT2D eigenvalue weighted by Crippen LogP contribution is 2.44. The Morgan fingerprint density at radius 2 is 0.956 bits per heavy atom. The monoisotopic (exact) mass is 572 g/mol. The Labute approximate surface area is 263 Å². The van der Waals surface area contributed by atoms with E-state index in [0.717, 1.165) is 12.8 Å². The van der Waals surface area contributed by atoms with E-state index in [2.05, 4.69) is 159 Å². The third-order valence-corrected chi connectivity index (χ3v) is 9.80. The lowest BCUT2D eigenvalue weighted by Gasteiger charge is -2.19. The largest absolute Gasteiger partial charge is 0.0757 e.